The van der Waals surface area contributed by atoms with Gasteiger partial charge in [-0.05, 0) is 44.0 Å². The summed E-state index contributed by atoms with van der Waals surface area (Å²) in [6, 6.07) is 3.97. The number of urea groups is 1. The quantitative estimate of drug-likeness (QED) is 0.647. The maximum atomic E-state index is 12.2. The summed E-state index contributed by atoms with van der Waals surface area (Å²) in [6.07, 6.45) is 6.03. The maximum absolute atomic E-state index is 12.2. The van der Waals surface area contributed by atoms with Crippen molar-refractivity contribution in [2.24, 2.45) is 0 Å². The van der Waals surface area contributed by atoms with Gasteiger partial charge >= 0.3 is 6.03 Å². The van der Waals surface area contributed by atoms with Crippen LogP contribution in [0.4, 0.5) is 4.79 Å². The fourth-order valence-electron chi connectivity index (χ4n) is 3.39. The number of hydrogen-bond donors (Lipinski definition) is 2. The van der Waals surface area contributed by atoms with Crippen LogP contribution in [-0.2, 0) is 24.2 Å². The second-order valence-electron chi connectivity index (χ2n) is 6.66. The smallest absolute Gasteiger partial charge is 0.315 e. The van der Waals surface area contributed by atoms with Crippen LogP contribution >= 0.6 is 11.3 Å². The summed E-state index contributed by atoms with van der Waals surface area (Å²) in [5, 5.41) is 7.18. The standard InChI is InChI=1S/C20H30N4O2S/c1-3-23-12-8-16-17(14-22-20(25)21-9-7-13-26-4-2)19(27-18(16)15-23)24-10-5-6-11-24/h5-6,10-11H,3-4,7-9,12-15H2,1-2H3,(H2,21,22,25). The van der Waals surface area contributed by atoms with Gasteiger partial charge in [-0.2, -0.15) is 0 Å². The predicted molar refractivity (Wildman–Crippen MR) is 110 cm³/mol. The van der Waals surface area contributed by atoms with Crippen molar-refractivity contribution >= 4 is 17.4 Å². The molecule has 6 nitrogen and oxygen atoms in total. The molecule has 0 spiro atoms. The summed E-state index contributed by atoms with van der Waals surface area (Å²) < 4.78 is 7.46. The number of fused-ring (bicyclic) bond motifs is 1. The number of ether oxygens (including phenoxy) is 1. The number of carbonyl (C=O) groups is 1. The zero-order valence-corrected chi connectivity index (χ0v) is 17.1. The van der Waals surface area contributed by atoms with Gasteiger partial charge in [0.05, 0.1) is 0 Å². The Morgan fingerprint density at radius 1 is 1.26 bits per heavy atom. The molecule has 1 aliphatic heterocycles. The Labute approximate surface area is 165 Å². The van der Waals surface area contributed by atoms with Crippen molar-refractivity contribution in [3.63, 3.8) is 0 Å². The van der Waals surface area contributed by atoms with E-state index in [0.717, 1.165) is 32.5 Å². The lowest BCUT2D eigenvalue weighted by Crippen LogP contribution is -2.36. The van der Waals surface area contributed by atoms with Gasteiger partial charge in [0.2, 0.25) is 0 Å². The lowest BCUT2D eigenvalue weighted by molar-refractivity contribution is 0.145. The van der Waals surface area contributed by atoms with Crippen molar-refractivity contribution < 1.29 is 9.53 Å². The highest BCUT2D eigenvalue weighted by atomic mass is 32.1. The number of rotatable bonds is 9. The zero-order chi connectivity index (χ0) is 19.1. The van der Waals surface area contributed by atoms with Gasteiger partial charge in [-0.1, -0.05) is 6.92 Å². The van der Waals surface area contributed by atoms with Crippen molar-refractivity contribution in [1.82, 2.24) is 20.1 Å². The Morgan fingerprint density at radius 2 is 2.07 bits per heavy atom. The molecule has 3 rings (SSSR count). The minimum Gasteiger partial charge on any atom is -0.382 e. The second-order valence-corrected chi connectivity index (χ2v) is 7.74. The highest BCUT2D eigenvalue weighted by Crippen LogP contribution is 2.35. The van der Waals surface area contributed by atoms with Crippen LogP contribution in [0.2, 0.25) is 0 Å². The molecular formula is C20H30N4O2S. The van der Waals surface area contributed by atoms with E-state index in [4.69, 9.17) is 4.74 Å². The van der Waals surface area contributed by atoms with Crippen LogP contribution in [0.25, 0.3) is 5.00 Å². The van der Waals surface area contributed by atoms with Crippen LogP contribution < -0.4 is 10.6 Å². The number of nitrogens with zero attached hydrogens (tertiary/aromatic N) is 2. The number of carbonyl (C=O) groups excluding carboxylic acids is 1. The van der Waals surface area contributed by atoms with Crippen molar-refractivity contribution in [3.05, 3.63) is 40.5 Å². The van der Waals surface area contributed by atoms with Crippen LogP contribution in [0.3, 0.4) is 0 Å². The summed E-state index contributed by atoms with van der Waals surface area (Å²) >= 11 is 1.85. The summed E-state index contributed by atoms with van der Waals surface area (Å²) in [5.41, 5.74) is 2.68. The minimum absolute atomic E-state index is 0.115. The molecule has 148 valence electrons. The highest BCUT2D eigenvalue weighted by Gasteiger charge is 2.24. The van der Waals surface area contributed by atoms with Crippen LogP contribution in [-0.4, -0.2) is 48.3 Å². The first-order valence-corrected chi connectivity index (χ1v) is 10.6. The van der Waals surface area contributed by atoms with Crippen molar-refractivity contribution in [2.75, 3.05) is 32.8 Å². The molecular weight excluding hydrogens is 360 g/mol. The number of likely N-dealkylation sites (N-methyl/N-ethyl adjacent to an activating group) is 1. The molecule has 0 saturated carbocycles. The molecule has 7 heteroatoms. The second kappa shape index (κ2) is 9.92. The van der Waals surface area contributed by atoms with Crippen LogP contribution in [0, 0.1) is 0 Å². The average molecular weight is 391 g/mol. The SMILES string of the molecule is CCOCCCNC(=O)NCc1c(-n2cccc2)sc2c1CCN(CC)C2. The third-order valence-corrected chi connectivity index (χ3v) is 6.16. The molecule has 0 atom stereocenters. The van der Waals surface area contributed by atoms with Gasteiger partial charge in [0, 0.05) is 62.2 Å². The normalized spacial score (nSPS) is 14.1. The van der Waals surface area contributed by atoms with Gasteiger partial charge in [0.1, 0.15) is 5.00 Å². The molecule has 2 aromatic rings. The Hall–Kier alpha value is -1.83. The van der Waals surface area contributed by atoms with Gasteiger partial charge in [0.25, 0.3) is 0 Å². The lowest BCUT2D eigenvalue weighted by atomic mass is 10.0. The topological polar surface area (TPSA) is 58.5 Å². The first-order chi connectivity index (χ1) is 13.2. The fraction of sp³-hybridized carbons (Fsp3) is 0.550. The molecule has 2 amide bonds. The number of hydrogen-bond acceptors (Lipinski definition) is 4. The third kappa shape index (κ3) is 5.12. The third-order valence-electron chi connectivity index (χ3n) is 4.89. The van der Waals surface area contributed by atoms with Gasteiger partial charge in [-0.25, -0.2) is 4.79 Å². The van der Waals surface area contributed by atoms with Crippen LogP contribution in [0.15, 0.2) is 24.5 Å². The lowest BCUT2D eigenvalue weighted by Gasteiger charge is -2.25. The molecule has 0 aromatic carbocycles. The predicted octanol–water partition coefficient (Wildman–Crippen LogP) is 3.14. The molecule has 0 aliphatic carbocycles. The molecule has 0 unspecified atom stereocenters. The van der Waals surface area contributed by atoms with E-state index in [1.165, 1.54) is 21.0 Å². The number of nitrogens with one attached hydrogen (secondary N) is 2. The number of aromatic nitrogens is 1. The molecule has 2 aromatic heterocycles. The van der Waals surface area contributed by atoms with Gasteiger partial charge in [0.15, 0.2) is 0 Å². The van der Waals surface area contributed by atoms with Crippen molar-refractivity contribution in [1.29, 1.82) is 0 Å². The maximum Gasteiger partial charge on any atom is 0.315 e. The molecule has 2 N–H and O–H groups in total. The summed E-state index contributed by atoms with van der Waals surface area (Å²) in [6.45, 7) is 9.94. The van der Waals surface area contributed by atoms with E-state index in [-0.39, 0.29) is 6.03 Å². The van der Waals surface area contributed by atoms with E-state index in [1.807, 2.05) is 30.4 Å². The molecule has 0 fully saturated rings. The minimum atomic E-state index is -0.115. The Balaban J connectivity index is 1.65. The van der Waals surface area contributed by atoms with E-state index in [0.29, 0.717) is 26.3 Å². The molecule has 0 bridgehead atoms. The van der Waals surface area contributed by atoms with E-state index in [2.05, 4.69) is 39.4 Å². The number of amides is 2. The van der Waals surface area contributed by atoms with E-state index < -0.39 is 0 Å². The van der Waals surface area contributed by atoms with E-state index in [1.54, 1.807) is 0 Å². The summed E-state index contributed by atoms with van der Waals surface area (Å²) in [4.78, 5) is 16.1. The monoisotopic (exact) mass is 390 g/mol. The zero-order valence-electron chi connectivity index (χ0n) is 16.3. The van der Waals surface area contributed by atoms with Gasteiger partial charge in [-0.3, -0.25) is 4.90 Å². The summed E-state index contributed by atoms with van der Waals surface area (Å²) in [5.74, 6) is 0. The largest absolute Gasteiger partial charge is 0.382 e. The molecule has 27 heavy (non-hydrogen) atoms. The van der Waals surface area contributed by atoms with Gasteiger partial charge in [-0.15, -0.1) is 11.3 Å². The first kappa shape index (κ1) is 19.9. The fourth-order valence-corrected chi connectivity index (χ4v) is 4.76. The van der Waals surface area contributed by atoms with Gasteiger partial charge < -0.3 is 19.9 Å². The first-order valence-electron chi connectivity index (χ1n) is 9.81. The summed E-state index contributed by atoms with van der Waals surface area (Å²) in [7, 11) is 0. The Morgan fingerprint density at radius 3 is 2.81 bits per heavy atom. The van der Waals surface area contributed by atoms with Crippen LogP contribution in [0.1, 0.15) is 36.3 Å². The Bertz CT molecular complexity index is 727. The van der Waals surface area contributed by atoms with E-state index >= 15 is 0 Å². The molecule has 0 radical (unpaired) electrons. The highest BCUT2D eigenvalue weighted by molar-refractivity contribution is 7.14. The average Bonchev–Trinajstić information content (AvgIpc) is 3.33. The van der Waals surface area contributed by atoms with Crippen molar-refractivity contribution in [2.45, 2.75) is 39.8 Å². The van der Waals surface area contributed by atoms with Crippen molar-refractivity contribution in [3.8, 4) is 5.00 Å². The molecule has 3 heterocycles. The number of thiophene rings is 1. The Kier molecular flexibility index (Phi) is 7.32. The molecule has 1 aliphatic rings. The molecule has 0 saturated heterocycles. The van der Waals surface area contributed by atoms with E-state index in [9.17, 15) is 4.79 Å². The van der Waals surface area contributed by atoms with Crippen LogP contribution in [0.5, 0.6) is 0 Å².